The van der Waals surface area contributed by atoms with E-state index in [2.05, 4.69) is 10.5 Å². The van der Waals surface area contributed by atoms with Gasteiger partial charge in [0.05, 0.1) is 28.9 Å². The molecule has 2 aromatic rings. The van der Waals surface area contributed by atoms with Crippen LogP contribution in [0.4, 0.5) is 5.69 Å². The Bertz CT molecular complexity index is 1330. The molecular weight excluding hydrogens is 444 g/mol. The summed E-state index contributed by atoms with van der Waals surface area (Å²) >= 11 is 0. The Balaban J connectivity index is 1.54. The van der Waals surface area contributed by atoms with Gasteiger partial charge in [-0.1, -0.05) is 11.2 Å². The van der Waals surface area contributed by atoms with Gasteiger partial charge >= 0.3 is 0 Å². The van der Waals surface area contributed by atoms with Crippen LogP contribution in [0, 0.1) is 17.8 Å². The van der Waals surface area contributed by atoms with Gasteiger partial charge in [0, 0.05) is 18.1 Å². The first-order chi connectivity index (χ1) is 16.2. The highest BCUT2D eigenvalue weighted by Gasteiger charge is 2.50. The van der Waals surface area contributed by atoms with Crippen LogP contribution in [-0.2, 0) is 16.0 Å². The number of amides is 1. The van der Waals surface area contributed by atoms with Gasteiger partial charge < -0.3 is 25.2 Å². The van der Waals surface area contributed by atoms with Gasteiger partial charge in [0.15, 0.2) is 23.1 Å². The van der Waals surface area contributed by atoms with Crippen molar-refractivity contribution < 1.29 is 39.0 Å². The van der Waals surface area contributed by atoms with Gasteiger partial charge in [-0.05, 0) is 43.2 Å². The van der Waals surface area contributed by atoms with Crippen molar-refractivity contribution in [3.63, 3.8) is 0 Å². The zero-order chi connectivity index (χ0) is 24.3. The number of fused-ring (bicyclic) bond motifs is 3. The standard InChI is InChI=1S/C24H20N2O8/c1-9(27)16-14(28)8-12-7-11-6-10-2-3-13(26-24(33)15-4-5-25-34-15)20(29)17(10)22(31)18(11)23(32)19(12)21(16)30/h2-5,11-12,19,28-29,32H,6-8H2,1H3,(H,26,33). The minimum atomic E-state index is -1.11. The van der Waals surface area contributed by atoms with Crippen molar-refractivity contribution in [1.82, 2.24) is 5.16 Å². The van der Waals surface area contributed by atoms with Crippen LogP contribution in [0.5, 0.6) is 5.75 Å². The molecule has 3 unspecified atom stereocenters. The number of phenolic OH excluding ortho intramolecular Hbond substituents is 1. The zero-order valence-corrected chi connectivity index (χ0v) is 18.0. The molecule has 0 aliphatic heterocycles. The summed E-state index contributed by atoms with van der Waals surface area (Å²) < 4.78 is 4.79. The molecule has 0 radical (unpaired) electrons. The summed E-state index contributed by atoms with van der Waals surface area (Å²) in [6.07, 6.45) is 2.00. The Labute approximate surface area is 192 Å². The van der Waals surface area contributed by atoms with Gasteiger partial charge in [-0.2, -0.15) is 0 Å². The number of Topliss-reactive ketones (excluding diaryl/α,β-unsaturated/α-hetero) is 3. The number of aliphatic hydroxyl groups is 2. The maximum atomic E-state index is 13.5. The molecule has 1 aromatic heterocycles. The fourth-order valence-electron chi connectivity index (χ4n) is 5.34. The summed E-state index contributed by atoms with van der Waals surface area (Å²) in [6.45, 7) is 1.16. The molecular formula is C24H20N2O8. The molecule has 3 atom stereocenters. The van der Waals surface area contributed by atoms with Gasteiger partial charge in [0.2, 0.25) is 5.76 Å². The van der Waals surface area contributed by atoms with Gasteiger partial charge in [-0.15, -0.1) is 0 Å². The third kappa shape index (κ3) is 3.13. The van der Waals surface area contributed by atoms with Crippen molar-refractivity contribution in [2.45, 2.75) is 26.2 Å². The Morgan fingerprint density at radius 1 is 1.12 bits per heavy atom. The highest BCUT2D eigenvalue weighted by atomic mass is 16.5. The number of hydrogen-bond acceptors (Lipinski definition) is 9. The van der Waals surface area contributed by atoms with E-state index in [1.54, 1.807) is 6.07 Å². The van der Waals surface area contributed by atoms with Crippen LogP contribution in [0.1, 0.15) is 46.2 Å². The minimum Gasteiger partial charge on any atom is -0.511 e. The predicted molar refractivity (Wildman–Crippen MR) is 115 cm³/mol. The third-order valence-corrected chi connectivity index (χ3v) is 6.77. The number of ketones is 3. The first kappa shape index (κ1) is 21.6. The molecule has 4 N–H and O–H groups in total. The normalized spacial score (nSPS) is 23.9. The summed E-state index contributed by atoms with van der Waals surface area (Å²) in [5.74, 6) is -5.88. The highest BCUT2D eigenvalue weighted by molar-refractivity contribution is 6.22. The van der Waals surface area contributed by atoms with E-state index in [9.17, 15) is 34.5 Å². The second-order valence-corrected chi connectivity index (χ2v) is 8.78. The van der Waals surface area contributed by atoms with Crippen LogP contribution in [-0.4, -0.2) is 43.7 Å². The number of nitrogens with one attached hydrogen (secondary N) is 1. The van der Waals surface area contributed by atoms with Crippen LogP contribution in [0.25, 0.3) is 0 Å². The first-order valence-electron chi connectivity index (χ1n) is 10.7. The van der Waals surface area contributed by atoms with Gasteiger partial charge in [-0.25, -0.2) is 0 Å². The van der Waals surface area contributed by atoms with E-state index in [4.69, 9.17) is 4.52 Å². The number of carbonyl (C=O) groups excluding carboxylic acids is 4. The van der Waals surface area contributed by atoms with E-state index < -0.39 is 52.5 Å². The molecule has 5 rings (SSSR count). The Morgan fingerprint density at radius 3 is 2.56 bits per heavy atom. The fraction of sp³-hybridized carbons (Fsp3) is 0.292. The van der Waals surface area contributed by atoms with Gasteiger partial charge in [0.25, 0.3) is 5.91 Å². The number of aromatic hydroxyl groups is 1. The number of allylic oxidation sites excluding steroid dienone is 4. The average molecular weight is 464 g/mol. The monoisotopic (exact) mass is 464 g/mol. The largest absolute Gasteiger partial charge is 0.511 e. The van der Waals surface area contributed by atoms with Gasteiger partial charge in [-0.3, -0.25) is 19.2 Å². The molecule has 10 heteroatoms. The maximum absolute atomic E-state index is 13.5. The van der Waals surface area contributed by atoms with Crippen molar-refractivity contribution in [2.75, 3.05) is 5.32 Å². The number of benzene rings is 1. The van der Waals surface area contributed by atoms with Crippen molar-refractivity contribution in [2.24, 2.45) is 17.8 Å². The lowest BCUT2D eigenvalue weighted by molar-refractivity contribution is -0.125. The van der Waals surface area contributed by atoms with E-state index >= 15 is 0 Å². The molecule has 1 heterocycles. The second kappa shape index (κ2) is 7.68. The molecule has 34 heavy (non-hydrogen) atoms. The van der Waals surface area contributed by atoms with Crippen LogP contribution < -0.4 is 5.32 Å². The molecule has 0 saturated carbocycles. The maximum Gasteiger partial charge on any atom is 0.294 e. The molecule has 1 amide bonds. The summed E-state index contributed by atoms with van der Waals surface area (Å²) in [4.78, 5) is 50.6. The van der Waals surface area contributed by atoms with Crippen LogP contribution >= 0.6 is 0 Å². The molecule has 0 saturated heterocycles. The average Bonchev–Trinajstić information content (AvgIpc) is 3.30. The summed E-state index contributed by atoms with van der Waals surface area (Å²) in [5, 5.41) is 38.0. The molecule has 0 bridgehead atoms. The zero-order valence-electron chi connectivity index (χ0n) is 18.0. The first-order valence-corrected chi connectivity index (χ1v) is 10.7. The fourth-order valence-corrected chi connectivity index (χ4v) is 5.34. The lowest BCUT2D eigenvalue weighted by Gasteiger charge is -2.40. The van der Waals surface area contributed by atoms with Crippen LogP contribution in [0.2, 0.25) is 0 Å². The molecule has 3 aliphatic carbocycles. The number of aliphatic hydroxyl groups excluding tert-OH is 2. The van der Waals surface area contributed by atoms with E-state index in [1.165, 1.54) is 18.3 Å². The van der Waals surface area contributed by atoms with E-state index in [-0.39, 0.29) is 40.3 Å². The van der Waals surface area contributed by atoms with E-state index in [0.29, 0.717) is 18.4 Å². The Morgan fingerprint density at radius 2 is 1.88 bits per heavy atom. The molecule has 10 nitrogen and oxygen atoms in total. The third-order valence-electron chi connectivity index (χ3n) is 6.77. The van der Waals surface area contributed by atoms with E-state index in [0.717, 1.165) is 6.92 Å². The number of nitrogens with zero attached hydrogens (tertiary/aromatic N) is 1. The number of anilines is 1. The van der Waals surface area contributed by atoms with Crippen molar-refractivity contribution in [3.8, 4) is 5.75 Å². The summed E-state index contributed by atoms with van der Waals surface area (Å²) in [6, 6.07) is 4.42. The number of aromatic nitrogens is 1. The highest BCUT2D eigenvalue weighted by Crippen LogP contribution is 2.50. The van der Waals surface area contributed by atoms with E-state index in [1.807, 2.05) is 0 Å². The number of rotatable bonds is 3. The molecule has 0 spiro atoms. The van der Waals surface area contributed by atoms with Gasteiger partial charge in [0.1, 0.15) is 11.5 Å². The minimum absolute atomic E-state index is 0.0143. The summed E-state index contributed by atoms with van der Waals surface area (Å²) in [7, 11) is 0. The van der Waals surface area contributed by atoms with Crippen molar-refractivity contribution in [3.05, 3.63) is 63.9 Å². The van der Waals surface area contributed by atoms with Crippen LogP contribution in [0.15, 0.2) is 51.6 Å². The molecule has 0 fully saturated rings. The number of phenols is 1. The number of hydrogen-bond donors (Lipinski definition) is 4. The lowest BCUT2D eigenvalue weighted by Crippen LogP contribution is -2.42. The molecule has 1 aromatic carbocycles. The predicted octanol–water partition coefficient (Wildman–Crippen LogP) is 2.81. The second-order valence-electron chi connectivity index (χ2n) is 8.78. The Kier molecular flexibility index (Phi) is 4.89. The number of carbonyl (C=O) groups is 4. The van der Waals surface area contributed by atoms with Crippen LogP contribution in [0.3, 0.4) is 0 Å². The Hall–Kier alpha value is -4.21. The smallest absolute Gasteiger partial charge is 0.294 e. The topological polar surface area (TPSA) is 167 Å². The molecule has 3 aliphatic rings. The van der Waals surface area contributed by atoms with Crippen molar-refractivity contribution >= 4 is 28.9 Å². The SMILES string of the molecule is CC(=O)C1=C(O)CC2CC3Cc4ccc(NC(=O)c5ccno5)c(O)c4C(=O)C3=C(O)C2C1=O. The molecule has 174 valence electrons. The quantitative estimate of drug-likeness (QED) is 0.394. The summed E-state index contributed by atoms with van der Waals surface area (Å²) in [5.41, 5.74) is 0.101. The lowest BCUT2D eigenvalue weighted by atomic mass is 9.62. The van der Waals surface area contributed by atoms with Crippen molar-refractivity contribution in [1.29, 1.82) is 0 Å².